The molecule has 1 aromatic rings. The Labute approximate surface area is 147 Å². The molecule has 0 fully saturated rings. The van der Waals surface area contributed by atoms with Gasteiger partial charge < -0.3 is 27.2 Å². The zero-order valence-electron chi connectivity index (χ0n) is 14.2. The van der Waals surface area contributed by atoms with Crippen molar-refractivity contribution < 1.29 is 19.5 Å². The van der Waals surface area contributed by atoms with Gasteiger partial charge in [-0.3, -0.25) is 9.59 Å². The van der Waals surface area contributed by atoms with Crippen molar-refractivity contribution >= 4 is 17.8 Å². The van der Waals surface area contributed by atoms with Gasteiger partial charge in [0.05, 0.1) is 5.56 Å². The largest absolute Gasteiger partial charge is 0.478 e. The zero-order chi connectivity index (χ0) is 18.7. The molecule has 0 radical (unpaired) electrons. The van der Waals surface area contributed by atoms with Crippen LogP contribution in [0.2, 0.25) is 0 Å². The number of rotatable bonds is 11. The maximum absolute atomic E-state index is 11.6. The van der Waals surface area contributed by atoms with Crippen molar-refractivity contribution in [3.05, 3.63) is 34.9 Å². The standard InChI is InChI=1S/C17H26N4O4/c18-5-1-3-15(22)20-10-12-7-13(9-14(8-12)17(24)25)11-21-16(23)4-2-6-19/h7-9H,1-6,10-11,18-19H2,(H,20,22)(H,21,23)(H,24,25). The molecule has 0 aliphatic carbocycles. The Morgan fingerprint density at radius 3 is 1.64 bits per heavy atom. The van der Waals surface area contributed by atoms with E-state index in [1.165, 1.54) is 12.1 Å². The van der Waals surface area contributed by atoms with Gasteiger partial charge in [-0.2, -0.15) is 0 Å². The van der Waals surface area contributed by atoms with Gasteiger partial charge in [-0.15, -0.1) is 0 Å². The number of nitrogens with two attached hydrogens (primary N) is 2. The molecule has 0 spiro atoms. The maximum atomic E-state index is 11.6. The summed E-state index contributed by atoms with van der Waals surface area (Å²) in [6, 6.07) is 4.77. The Morgan fingerprint density at radius 1 is 0.840 bits per heavy atom. The summed E-state index contributed by atoms with van der Waals surface area (Å²) in [5, 5.41) is 14.7. The molecule has 0 atom stereocenters. The Balaban J connectivity index is 2.71. The molecule has 25 heavy (non-hydrogen) atoms. The Kier molecular flexibility index (Phi) is 9.20. The molecule has 0 aromatic heterocycles. The molecule has 8 heteroatoms. The molecular weight excluding hydrogens is 324 g/mol. The minimum absolute atomic E-state index is 0.111. The summed E-state index contributed by atoms with van der Waals surface area (Å²) < 4.78 is 0. The summed E-state index contributed by atoms with van der Waals surface area (Å²) in [5.74, 6) is -1.34. The first-order chi connectivity index (χ1) is 12.0. The lowest BCUT2D eigenvalue weighted by molar-refractivity contribution is -0.122. The fraction of sp³-hybridized carbons (Fsp3) is 0.471. The van der Waals surface area contributed by atoms with E-state index in [9.17, 15) is 19.5 Å². The quantitative estimate of drug-likeness (QED) is 0.382. The lowest BCUT2D eigenvalue weighted by Crippen LogP contribution is -2.25. The topological polar surface area (TPSA) is 148 Å². The van der Waals surface area contributed by atoms with Crippen molar-refractivity contribution in [1.82, 2.24) is 10.6 Å². The number of carboxylic acid groups (broad SMARTS) is 1. The average molecular weight is 350 g/mol. The monoisotopic (exact) mass is 350 g/mol. The number of nitrogens with one attached hydrogen (secondary N) is 2. The highest BCUT2D eigenvalue weighted by Crippen LogP contribution is 2.11. The van der Waals surface area contributed by atoms with Crippen molar-refractivity contribution in [2.45, 2.75) is 38.8 Å². The molecular formula is C17H26N4O4. The van der Waals surface area contributed by atoms with Gasteiger partial charge in [-0.05, 0) is 49.2 Å². The van der Waals surface area contributed by atoms with Crippen LogP contribution in [-0.4, -0.2) is 36.0 Å². The van der Waals surface area contributed by atoms with E-state index in [1.807, 2.05) is 0 Å². The first kappa shape index (κ1) is 20.6. The number of hydrogen-bond donors (Lipinski definition) is 5. The van der Waals surface area contributed by atoms with Crippen LogP contribution >= 0.6 is 0 Å². The summed E-state index contributed by atoms with van der Waals surface area (Å²) >= 11 is 0. The summed E-state index contributed by atoms with van der Waals surface area (Å²) in [5.41, 5.74) is 12.1. The molecule has 8 nitrogen and oxygen atoms in total. The maximum Gasteiger partial charge on any atom is 0.335 e. The Morgan fingerprint density at radius 2 is 1.28 bits per heavy atom. The molecule has 0 aliphatic rings. The summed E-state index contributed by atoms with van der Waals surface area (Å²) in [6.07, 6.45) is 1.86. The van der Waals surface area contributed by atoms with Gasteiger partial charge in [0.2, 0.25) is 11.8 Å². The predicted molar refractivity (Wildman–Crippen MR) is 93.7 cm³/mol. The molecule has 2 amide bonds. The molecule has 1 aromatic carbocycles. The number of benzene rings is 1. The third-order valence-corrected chi connectivity index (χ3v) is 3.49. The zero-order valence-corrected chi connectivity index (χ0v) is 14.2. The number of carbonyl (C=O) groups excluding carboxylic acids is 2. The molecule has 7 N–H and O–H groups in total. The van der Waals surface area contributed by atoms with Crippen molar-refractivity contribution in [3.63, 3.8) is 0 Å². The highest BCUT2D eigenvalue weighted by molar-refractivity contribution is 5.88. The number of carbonyl (C=O) groups is 3. The van der Waals surface area contributed by atoms with Gasteiger partial charge in [-0.1, -0.05) is 6.07 Å². The van der Waals surface area contributed by atoms with Crippen LogP contribution in [0.3, 0.4) is 0 Å². The number of carboxylic acids is 1. The lowest BCUT2D eigenvalue weighted by Gasteiger charge is -2.10. The van der Waals surface area contributed by atoms with Gasteiger partial charge in [0, 0.05) is 25.9 Å². The number of aromatic carboxylic acids is 1. The van der Waals surface area contributed by atoms with Crippen molar-refractivity contribution in [1.29, 1.82) is 0 Å². The fourth-order valence-electron chi connectivity index (χ4n) is 2.19. The Bertz CT molecular complexity index is 562. The smallest absolute Gasteiger partial charge is 0.335 e. The van der Waals surface area contributed by atoms with Crippen molar-refractivity contribution in [2.24, 2.45) is 11.5 Å². The van der Waals surface area contributed by atoms with Crippen LogP contribution in [-0.2, 0) is 22.7 Å². The van der Waals surface area contributed by atoms with Crippen molar-refractivity contribution in [3.8, 4) is 0 Å². The highest BCUT2D eigenvalue weighted by atomic mass is 16.4. The van der Waals surface area contributed by atoms with E-state index in [-0.39, 0.29) is 30.5 Å². The van der Waals surface area contributed by atoms with Gasteiger partial charge >= 0.3 is 5.97 Å². The predicted octanol–water partition coefficient (Wildman–Crippen LogP) is 0.0950. The second kappa shape index (κ2) is 11.2. The lowest BCUT2D eigenvalue weighted by atomic mass is 10.0. The van der Waals surface area contributed by atoms with E-state index in [2.05, 4.69) is 10.6 Å². The van der Waals surface area contributed by atoms with Crippen molar-refractivity contribution in [2.75, 3.05) is 13.1 Å². The minimum atomic E-state index is -1.06. The Hall–Kier alpha value is -2.45. The summed E-state index contributed by atoms with van der Waals surface area (Å²) in [7, 11) is 0. The molecule has 138 valence electrons. The first-order valence-corrected chi connectivity index (χ1v) is 8.26. The number of hydrogen-bond acceptors (Lipinski definition) is 5. The van der Waals surface area contributed by atoms with Crippen LogP contribution in [0.15, 0.2) is 18.2 Å². The van der Waals surface area contributed by atoms with Crippen LogP contribution in [0.25, 0.3) is 0 Å². The number of amides is 2. The normalized spacial score (nSPS) is 10.3. The van der Waals surface area contributed by atoms with Gasteiger partial charge in [0.1, 0.15) is 0 Å². The molecule has 0 bridgehead atoms. The first-order valence-electron chi connectivity index (χ1n) is 8.26. The molecule has 1 rings (SSSR count). The molecule has 0 saturated carbocycles. The highest BCUT2D eigenvalue weighted by Gasteiger charge is 2.09. The average Bonchev–Trinajstić information content (AvgIpc) is 2.60. The van der Waals surface area contributed by atoms with Crippen LogP contribution in [0.5, 0.6) is 0 Å². The van der Waals surface area contributed by atoms with Crippen LogP contribution in [0.1, 0.15) is 47.2 Å². The summed E-state index contributed by atoms with van der Waals surface area (Å²) in [4.78, 5) is 34.6. The van der Waals surface area contributed by atoms with Crippen LogP contribution in [0, 0.1) is 0 Å². The van der Waals surface area contributed by atoms with Gasteiger partial charge in [-0.25, -0.2) is 4.79 Å². The second-order valence-corrected chi connectivity index (χ2v) is 5.68. The molecule has 0 saturated heterocycles. The summed E-state index contributed by atoms with van der Waals surface area (Å²) in [6.45, 7) is 1.32. The van der Waals surface area contributed by atoms with Gasteiger partial charge in [0.15, 0.2) is 0 Å². The van der Waals surface area contributed by atoms with Crippen LogP contribution < -0.4 is 22.1 Å². The SMILES string of the molecule is NCCCC(=O)NCc1cc(CNC(=O)CCCN)cc(C(=O)O)c1. The van der Waals surface area contributed by atoms with Crippen LogP contribution in [0.4, 0.5) is 0 Å². The van der Waals surface area contributed by atoms with E-state index in [4.69, 9.17) is 11.5 Å². The second-order valence-electron chi connectivity index (χ2n) is 5.68. The van der Waals surface area contributed by atoms with E-state index < -0.39 is 5.97 Å². The van der Waals surface area contributed by atoms with Gasteiger partial charge in [0.25, 0.3) is 0 Å². The molecule has 0 aliphatic heterocycles. The molecule has 0 heterocycles. The third-order valence-electron chi connectivity index (χ3n) is 3.49. The van der Waals surface area contributed by atoms with E-state index in [0.29, 0.717) is 49.9 Å². The van der Waals surface area contributed by atoms with E-state index in [0.717, 1.165) is 0 Å². The minimum Gasteiger partial charge on any atom is -0.478 e. The third kappa shape index (κ3) is 8.27. The van der Waals surface area contributed by atoms with E-state index in [1.54, 1.807) is 6.07 Å². The molecule has 0 unspecified atom stereocenters. The fourth-order valence-corrected chi connectivity index (χ4v) is 2.19. The van der Waals surface area contributed by atoms with E-state index >= 15 is 0 Å².